The molecule has 0 heterocycles. The van der Waals surface area contributed by atoms with E-state index in [1.165, 1.54) is 77.0 Å². The molecule has 0 saturated heterocycles. The first-order chi connectivity index (χ1) is 26.6. The van der Waals surface area contributed by atoms with Crippen LogP contribution in [0.1, 0.15) is 161 Å². The lowest BCUT2D eigenvalue weighted by Crippen LogP contribution is -2.12. The molecular weight excluding hydrogens is 665 g/mol. The van der Waals surface area contributed by atoms with Crippen LogP contribution in [0.15, 0.2) is 121 Å². The van der Waals surface area contributed by atoms with Crippen molar-refractivity contribution in [3.05, 3.63) is 144 Å². The molecule has 0 amide bonds. The highest BCUT2D eigenvalue weighted by atomic mass is 16.5. The fraction of sp³-hybridized carbons (Fsp3) is 0.440. The molecule has 290 valence electrons. The Labute approximate surface area is 327 Å². The number of allylic oxidation sites excluding steroid dienone is 8. The van der Waals surface area contributed by atoms with E-state index in [4.69, 9.17) is 9.47 Å². The van der Waals surface area contributed by atoms with Crippen LogP contribution in [0.4, 0.5) is 0 Å². The fourth-order valence-corrected chi connectivity index (χ4v) is 6.22. The lowest BCUT2D eigenvalue weighted by molar-refractivity contribution is 0.0734. The molecule has 0 aliphatic heterocycles. The minimum Gasteiger partial charge on any atom is -0.423 e. The average Bonchev–Trinajstić information content (AvgIpc) is 3.19. The zero-order valence-corrected chi connectivity index (χ0v) is 33.3. The van der Waals surface area contributed by atoms with Crippen molar-refractivity contribution in [1.29, 1.82) is 0 Å². The predicted molar refractivity (Wildman–Crippen MR) is 228 cm³/mol. The average molecular weight is 731 g/mol. The Kier molecular flexibility index (Phi) is 23.6. The third-order valence-electron chi connectivity index (χ3n) is 9.35. The molecule has 0 aliphatic rings. The van der Waals surface area contributed by atoms with Crippen molar-refractivity contribution in [2.45, 2.75) is 142 Å². The van der Waals surface area contributed by atoms with E-state index in [9.17, 15) is 9.59 Å². The van der Waals surface area contributed by atoms with E-state index >= 15 is 0 Å². The second-order valence-electron chi connectivity index (χ2n) is 14.2. The summed E-state index contributed by atoms with van der Waals surface area (Å²) in [4.78, 5) is 26.1. The molecule has 0 atom stereocenters. The van der Waals surface area contributed by atoms with Gasteiger partial charge in [-0.25, -0.2) is 9.59 Å². The summed E-state index contributed by atoms with van der Waals surface area (Å²) in [6.07, 6.45) is 41.3. The molecule has 0 aliphatic carbocycles. The zero-order valence-electron chi connectivity index (χ0n) is 33.3. The highest BCUT2D eigenvalue weighted by Crippen LogP contribution is 2.21. The molecule has 0 radical (unpaired) electrons. The lowest BCUT2D eigenvalue weighted by Gasteiger charge is -2.09. The number of benzene rings is 3. The van der Waals surface area contributed by atoms with Gasteiger partial charge in [-0.15, -0.1) is 0 Å². The van der Waals surface area contributed by atoms with Gasteiger partial charge in [0.15, 0.2) is 0 Å². The largest absolute Gasteiger partial charge is 0.423 e. The van der Waals surface area contributed by atoms with Crippen LogP contribution >= 0.6 is 0 Å². The van der Waals surface area contributed by atoms with Gasteiger partial charge < -0.3 is 9.47 Å². The highest BCUT2D eigenvalue weighted by molar-refractivity contribution is 5.96. The smallest absolute Gasteiger partial charge is 0.343 e. The number of carbonyl (C=O) groups is 2. The molecule has 4 nitrogen and oxygen atoms in total. The normalized spacial score (nSPS) is 11.7. The summed E-state index contributed by atoms with van der Waals surface area (Å²) in [6, 6.07) is 22.0. The molecule has 3 aromatic rings. The van der Waals surface area contributed by atoms with E-state index in [-0.39, 0.29) is 0 Å². The van der Waals surface area contributed by atoms with Crippen molar-refractivity contribution in [3.63, 3.8) is 0 Å². The molecule has 0 unspecified atom stereocenters. The molecule has 0 aromatic heterocycles. The minimum absolute atomic E-state index is 0.307. The number of unbranched alkanes of at least 4 members (excludes halogenated alkanes) is 12. The van der Waals surface area contributed by atoms with E-state index in [2.05, 4.69) is 74.6 Å². The second kappa shape index (κ2) is 29.0. The number of esters is 2. The molecule has 0 saturated carbocycles. The zero-order chi connectivity index (χ0) is 38.3. The van der Waals surface area contributed by atoms with Gasteiger partial charge in [-0.05, 0) is 131 Å². The summed E-state index contributed by atoms with van der Waals surface area (Å²) in [5, 5.41) is 0. The van der Waals surface area contributed by atoms with Crippen molar-refractivity contribution >= 4 is 11.9 Å². The van der Waals surface area contributed by atoms with E-state index in [0.717, 1.165) is 62.5 Å². The fourth-order valence-electron chi connectivity index (χ4n) is 6.22. The molecule has 3 rings (SSSR count). The first kappa shape index (κ1) is 44.0. The Hall–Kier alpha value is -4.44. The Morgan fingerprint density at radius 3 is 1.28 bits per heavy atom. The van der Waals surface area contributed by atoms with Gasteiger partial charge in [-0.3, -0.25) is 0 Å². The molecule has 4 heteroatoms. The Morgan fingerprint density at radius 2 is 0.833 bits per heavy atom. The summed E-state index contributed by atoms with van der Waals surface area (Å²) in [6.45, 7) is 4.41. The first-order valence-electron chi connectivity index (χ1n) is 20.9. The van der Waals surface area contributed by atoms with Crippen LogP contribution in [0.25, 0.3) is 0 Å². The van der Waals surface area contributed by atoms with E-state index in [1.807, 2.05) is 24.3 Å². The maximum absolute atomic E-state index is 13.1. The van der Waals surface area contributed by atoms with E-state index < -0.39 is 11.9 Å². The lowest BCUT2D eigenvalue weighted by atomic mass is 10.0. The van der Waals surface area contributed by atoms with Crippen LogP contribution in [0, 0.1) is 0 Å². The minimum atomic E-state index is -0.499. The van der Waals surface area contributed by atoms with Gasteiger partial charge in [0.25, 0.3) is 0 Å². The topological polar surface area (TPSA) is 52.6 Å². The van der Waals surface area contributed by atoms with Gasteiger partial charge in [-0.1, -0.05) is 144 Å². The van der Waals surface area contributed by atoms with Gasteiger partial charge in [0, 0.05) is 0 Å². The van der Waals surface area contributed by atoms with Gasteiger partial charge >= 0.3 is 11.9 Å². The van der Waals surface area contributed by atoms with Crippen molar-refractivity contribution < 1.29 is 19.1 Å². The summed E-state index contributed by atoms with van der Waals surface area (Å²) in [7, 11) is 0. The van der Waals surface area contributed by atoms with Crippen LogP contribution in [0.5, 0.6) is 11.5 Å². The third kappa shape index (κ3) is 20.1. The molecule has 0 fully saturated rings. The first-order valence-corrected chi connectivity index (χ1v) is 20.9. The summed E-state index contributed by atoms with van der Waals surface area (Å²) >= 11 is 0. The Balaban J connectivity index is 1.34. The van der Waals surface area contributed by atoms with Crippen molar-refractivity contribution in [2.24, 2.45) is 0 Å². The molecule has 0 N–H and O–H groups in total. The van der Waals surface area contributed by atoms with Crippen LogP contribution in [0.3, 0.4) is 0 Å². The van der Waals surface area contributed by atoms with Crippen LogP contribution in [-0.4, -0.2) is 11.9 Å². The van der Waals surface area contributed by atoms with Gasteiger partial charge in [0.05, 0.1) is 11.1 Å². The number of hydrogen-bond acceptors (Lipinski definition) is 4. The number of carbonyl (C=O) groups excluding carboxylic acids is 2. The Bertz CT molecular complexity index is 1480. The second-order valence-corrected chi connectivity index (χ2v) is 14.2. The SMILES string of the molecule is CCC/C=C\C/C=C\CCCCCCCc1cccc(OC(=O)c2cccc(C(=O)Oc3cccc(CCCCCCC/C=C\C/C=C\CCC)c3)c2)c1. The number of hydrogen-bond donors (Lipinski definition) is 0. The van der Waals surface area contributed by atoms with Crippen molar-refractivity contribution in [3.8, 4) is 11.5 Å². The monoisotopic (exact) mass is 730 g/mol. The van der Waals surface area contributed by atoms with Crippen molar-refractivity contribution in [1.82, 2.24) is 0 Å². The quantitative estimate of drug-likeness (QED) is 0.0323. The molecular formula is C50H66O4. The highest BCUT2D eigenvalue weighted by Gasteiger charge is 2.15. The maximum atomic E-state index is 13.1. The third-order valence-corrected chi connectivity index (χ3v) is 9.35. The van der Waals surface area contributed by atoms with Crippen molar-refractivity contribution in [2.75, 3.05) is 0 Å². The van der Waals surface area contributed by atoms with Crippen LogP contribution in [0.2, 0.25) is 0 Å². The van der Waals surface area contributed by atoms with Gasteiger partial charge in [0.2, 0.25) is 0 Å². The molecule has 0 bridgehead atoms. The number of aryl methyl sites for hydroxylation is 2. The van der Waals surface area contributed by atoms with Crippen LogP contribution < -0.4 is 9.47 Å². The van der Waals surface area contributed by atoms with E-state index in [1.54, 1.807) is 36.4 Å². The van der Waals surface area contributed by atoms with Gasteiger partial charge in [-0.2, -0.15) is 0 Å². The summed E-state index contributed by atoms with van der Waals surface area (Å²) in [5.41, 5.74) is 2.93. The predicted octanol–water partition coefficient (Wildman–Crippen LogP) is 14.5. The van der Waals surface area contributed by atoms with E-state index in [0.29, 0.717) is 22.6 Å². The molecule has 54 heavy (non-hydrogen) atoms. The summed E-state index contributed by atoms with van der Waals surface area (Å²) < 4.78 is 11.4. The Morgan fingerprint density at radius 1 is 0.444 bits per heavy atom. The molecule has 3 aromatic carbocycles. The number of ether oxygens (including phenoxy) is 2. The number of rotatable bonds is 28. The van der Waals surface area contributed by atoms with Crippen LogP contribution in [-0.2, 0) is 12.8 Å². The standard InChI is InChI=1S/C50H66O4/c1-3-5-7-9-11-13-15-17-19-21-23-25-27-32-43-34-29-38-47(40-43)53-49(51)45-36-31-37-46(42-45)50(52)54-48-39-30-35-44(41-48)33-28-26-24-22-20-18-16-14-12-10-8-6-4-2/h7-10,13-16,29-31,34-42H,3-6,11-12,17-28,32-33H2,1-2H3/b9-7-,10-8-,15-13-,16-14-. The molecule has 0 spiro atoms. The maximum Gasteiger partial charge on any atom is 0.343 e. The summed E-state index contributed by atoms with van der Waals surface area (Å²) in [5.74, 6) is 0.0253. The van der Waals surface area contributed by atoms with Gasteiger partial charge in [0.1, 0.15) is 11.5 Å².